The van der Waals surface area contributed by atoms with Crippen molar-refractivity contribution in [3.63, 3.8) is 0 Å². The summed E-state index contributed by atoms with van der Waals surface area (Å²) in [7, 11) is 0. The summed E-state index contributed by atoms with van der Waals surface area (Å²) < 4.78 is 10.7. The SMILES string of the molecule is CCOc1cc(/C=C2/SC(=O)N(CC(=O)N3CCc4ccccc4C3)C2=O)ccc1OCC(=O)[O-]. The summed E-state index contributed by atoms with van der Waals surface area (Å²) in [5, 5.41) is 10.2. The van der Waals surface area contributed by atoms with Gasteiger partial charge in [0.05, 0.1) is 17.5 Å². The third kappa shape index (κ3) is 5.65. The molecule has 0 N–H and O–H groups in total. The van der Waals surface area contributed by atoms with Crippen molar-refractivity contribution in [3.05, 3.63) is 64.1 Å². The van der Waals surface area contributed by atoms with Crippen LogP contribution in [0.25, 0.3) is 6.08 Å². The number of hydrogen-bond donors (Lipinski definition) is 0. The maximum Gasteiger partial charge on any atom is 0.294 e. The van der Waals surface area contributed by atoms with E-state index < -0.39 is 23.7 Å². The molecule has 0 atom stereocenters. The number of ether oxygens (including phenoxy) is 2. The highest BCUT2D eigenvalue weighted by molar-refractivity contribution is 8.18. The van der Waals surface area contributed by atoms with Gasteiger partial charge in [0.2, 0.25) is 5.91 Å². The normalized spacial score (nSPS) is 16.4. The zero-order valence-electron chi connectivity index (χ0n) is 19.0. The second-order valence-electron chi connectivity index (χ2n) is 7.90. The molecule has 35 heavy (non-hydrogen) atoms. The topological polar surface area (TPSA) is 116 Å². The first kappa shape index (κ1) is 24.3. The van der Waals surface area contributed by atoms with E-state index in [0.717, 1.165) is 28.6 Å². The number of amides is 3. The molecule has 0 spiro atoms. The first-order chi connectivity index (χ1) is 16.9. The van der Waals surface area contributed by atoms with E-state index in [2.05, 4.69) is 0 Å². The predicted octanol–water partition coefficient (Wildman–Crippen LogP) is 1.84. The number of nitrogens with zero attached hydrogens (tertiary/aromatic N) is 2. The van der Waals surface area contributed by atoms with Crippen molar-refractivity contribution in [3.8, 4) is 11.5 Å². The van der Waals surface area contributed by atoms with E-state index in [-0.39, 0.29) is 23.1 Å². The highest BCUT2D eigenvalue weighted by Gasteiger charge is 2.37. The number of thioether (sulfide) groups is 1. The zero-order chi connectivity index (χ0) is 24.9. The van der Waals surface area contributed by atoms with E-state index in [1.54, 1.807) is 24.0 Å². The number of carboxylic acids is 1. The molecular weight excluding hydrogens is 472 g/mol. The van der Waals surface area contributed by atoms with E-state index in [9.17, 15) is 24.3 Å². The number of rotatable bonds is 8. The molecular formula is C25H23N2O7S-. The highest BCUT2D eigenvalue weighted by atomic mass is 32.2. The van der Waals surface area contributed by atoms with Crippen molar-refractivity contribution in [2.24, 2.45) is 0 Å². The molecule has 2 aromatic rings. The Morgan fingerprint density at radius 2 is 1.86 bits per heavy atom. The molecule has 0 saturated carbocycles. The third-order valence-corrected chi connectivity index (χ3v) is 6.47. The quantitative estimate of drug-likeness (QED) is 0.510. The van der Waals surface area contributed by atoms with E-state index in [4.69, 9.17) is 9.47 Å². The van der Waals surface area contributed by atoms with Crippen molar-refractivity contribution in [2.45, 2.75) is 19.9 Å². The molecule has 0 radical (unpaired) electrons. The predicted molar refractivity (Wildman–Crippen MR) is 126 cm³/mol. The molecule has 3 amide bonds. The van der Waals surface area contributed by atoms with E-state index in [0.29, 0.717) is 31.0 Å². The van der Waals surface area contributed by atoms with Crippen molar-refractivity contribution in [1.82, 2.24) is 9.80 Å². The minimum Gasteiger partial charge on any atom is -0.546 e. The summed E-state index contributed by atoms with van der Waals surface area (Å²) in [6.07, 6.45) is 2.26. The van der Waals surface area contributed by atoms with Gasteiger partial charge in [-0.15, -0.1) is 0 Å². The Morgan fingerprint density at radius 1 is 1.09 bits per heavy atom. The highest BCUT2D eigenvalue weighted by Crippen LogP contribution is 2.35. The Bertz CT molecular complexity index is 1210. The number of carboxylic acid groups (broad SMARTS) is 1. The van der Waals surface area contributed by atoms with E-state index in [1.165, 1.54) is 17.7 Å². The van der Waals surface area contributed by atoms with E-state index in [1.807, 2.05) is 24.3 Å². The second-order valence-corrected chi connectivity index (χ2v) is 8.89. The molecule has 0 aromatic heterocycles. The fourth-order valence-corrected chi connectivity index (χ4v) is 4.71. The van der Waals surface area contributed by atoms with Crippen molar-refractivity contribution >= 4 is 40.9 Å². The molecule has 1 fully saturated rings. The lowest BCUT2D eigenvalue weighted by molar-refractivity contribution is -0.307. The molecule has 2 aliphatic rings. The minimum atomic E-state index is -1.37. The van der Waals surface area contributed by atoms with Gasteiger partial charge >= 0.3 is 0 Å². The van der Waals surface area contributed by atoms with Gasteiger partial charge in [0.1, 0.15) is 13.2 Å². The summed E-state index contributed by atoms with van der Waals surface area (Å²) >= 11 is 0.761. The summed E-state index contributed by atoms with van der Waals surface area (Å²) in [6.45, 7) is 2.12. The van der Waals surface area contributed by atoms with Gasteiger partial charge in [0.15, 0.2) is 11.5 Å². The number of carbonyl (C=O) groups is 4. The summed E-state index contributed by atoms with van der Waals surface area (Å²) in [4.78, 5) is 51.8. The van der Waals surface area contributed by atoms with Crippen molar-refractivity contribution < 1.29 is 33.8 Å². The molecule has 9 nitrogen and oxygen atoms in total. The minimum absolute atomic E-state index is 0.178. The van der Waals surface area contributed by atoms with Crippen LogP contribution in [0.15, 0.2) is 47.4 Å². The van der Waals surface area contributed by atoms with Crippen LogP contribution in [0.1, 0.15) is 23.6 Å². The smallest absolute Gasteiger partial charge is 0.294 e. The van der Waals surface area contributed by atoms with Crippen LogP contribution in [0.4, 0.5) is 4.79 Å². The zero-order valence-corrected chi connectivity index (χ0v) is 19.8. The number of fused-ring (bicyclic) bond motifs is 1. The molecule has 1 saturated heterocycles. The van der Waals surface area contributed by atoms with Gasteiger partial charge in [0, 0.05) is 13.1 Å². The summed E-state index contributed by atoms with van der Waals surface area (Å²) in [5.41, 5.74) is 2.82. The van der Waals surface area contributed by atoms with Gasteiger partial charge in [-0.1, -0.05) is 30.3 Å². The Labute approximate surface area is 206 Å². The van der Waals surface area contributed by atoms with Gasteiger partial charge in [-0.3, -0.25) is 19.3 Å². The summed E-state index contributed by atoms with van der Waals surface area (Å²) in [5.74, 6) is -1.68. The molecule has 10 heteroatoms. The number of hydrogen-bond acceptors (Lipinski definition) is 8. The molecule has 182 valence electrons. The molecule has 2 aliphatic heterocycles. The summed E-state index contributed by atoms with van der Waals surface area (Å²) in [6, 6.07) is 12.6. The fourth-order valence-electron chi connectivity index (χ4n) is 3.87. The van der Waals surface area contributed by atoms with Gasteiger partial charge in [-0.25, -0.2) is 0 Å². The number of carbonyl (C=O) groups excluding carboxylic acids is 4. The lowest BCUT2D eigenvalue weighted by atomic mass is 10.00. The van der Waals surface area contributed by atoms with Gasteiger partial charge < -0.3 is 24.3 Å². The Morgan fingerprint density at radius 3 is 2.60 bits per heavy atom. The maximum atomic E-state index is 12.9. The second kappa shape index (κ2) is 10.6. The molecule has 0 unspecified atom stereocenters. The van der Waals surface area contributed by atoms with Crippen LogP contribution < -0.4 is 14.6 Å². The fraction of sp³-hybridized carbons (Fsp3) is 0.280. The first-order valence-electron chi connectivity index (χ1n) is 11.0. The average Bonchev–Trinajstić information content (AvgIpc) is 3.10. The van der Waals surface area contributed by atoms with Gasteiger partial charge in [0.25, 0.3) is 11.1 Å². The van der Waals surface area contributed by atoms with Crippen LogP contribution in [0, 0.1) is 0 Å². The van der Waals surface area contributed by atoms with Gasteiger partial charge in [-0.05, 0) is 60.0 Å². The monoisotopic (exact) mass is 495 g/mol. The van der Waals surface area contributed by atoms with Crippen LogP contribution in [0.2, 0.25) is 0 Å². The maximum absolute atomic E-state index is 12.9. The number of imide groups is 1. The van der Waals surface area contributed by atoms with Gasteiger partial charge in [-0.2, -0.15) is 0 Å². The Kier molecular flexibility index (Phi) is 7.40. The molecule has 0 bridgehead atoms. The van der Waals surface area contributed by atoms with Crippen LogP contribution in [0.3, 0.4) is 0 Å². The molecule has 0 aliphatic carbocycles. The Balaban J connectivity index is 1.45. The molecule has 2 heterocycles. The van der Waals surface area contributed by atoms with Crippen LogP contribution in [0.5, 0.6) is 11.5 Å². The lowest BCUT2D eigenvalue weighted by Crippen LogP contribution is -2.44. The van der Waals surface area contributed by atoms with Crippen molar-refractivity contribution in [2.75, 3.05) is 26.3 Å². The van der Waals surface area contributed by atoms with Crippen LogP contribution in [-0.2, 0) is 27.3 Å². The Hall–Kier alpha value is -3.79. The average molecular weight is 496 g/mol. The number of benzene rings is 2. The first-order valence-corrected chi connectivity index (χ1v) is 11.9. The largest absolute Gasteiger partial charge is 0.546 e. The van der Waals surface area contributed by atoms with Crippen LogP contribution in [-0.4, -0.2) is 59.1 Å². The number of aliphatic carboxylic acids is 1. The molecule has 2 aromatic carbocycles. The van der Waals surface area contributed by atoms with Crippen molar-refractivity contribution in [1.29, 1.82) is 0 Å². The lowest BCUT2D eigenvalue weighted by Gasteiger charge is -2.29. The van der Waals surface area contributed by atoms with Crippen LogP contribution >= 0.6 is 11.8 Å². The standard InChI is InChI=1S/C25H24N2O7S/c1-2-33-20-11-16(7-8-19(20)34-15-23(29)30)12-21-24(31)27(25(32)35-21)14-22(28)26-10-9-17-5-3-4-6-18(17)13-26/h3-8,11-12H,2,9-10,13-15H2,1H3,(H,29,30)/p-1/b21-12+. The molecule has 4 rings (SSSR count). The third-order valence-electron chi connectivity index (χ3n) is 5.56. The van der Waals surface area contributed by atoms with E-state index >= 15 is 0 Å².